The fourth-order valence-electron chi connectivity index (χ4n) is 4.16. The molecular formula is C26H28N2O4. The molecule has 0 radical (unpaired) electrons. The van der Waals surface area contributed by atoms with Gasteiger partial charge in [0.1, 0.15) is 0 Å². The Hall–Kier alpha value is -3.38. The number of benzene rings is 2. The largest absolute Gasteiger partial charge is 0.493 e. The maximum atomic E-state index is 12.3. The molecule has 0 fully saturated rings. The SMILES string of the molecule is CCCOc1cc(/C=C2\CN(CC)Cc3c2nc2ccccc2c3C(=O)O)ccc1OC. The topological polar surface area (TPSA) is 71.9 Å². The third-order valence-electron chi connectivity index (χ3n) is 5.72. The lowest BCUT2D eigenvalue weighted by molar-refractivity contribution is 0.0696. The first kappa shape index (κ1) is 21.8. The van der Waals surface area contributed by atoms with Crippen LogP contribution in [0, 0.1) is 0 Å². The van der Waals surface area contributed by atoms with Gasteiger partial charge in [0.25, 0.3) is 0 Å². The van der Waals surface area contributed by atoms with Gasteiger partial charge in [0.2, 0.25) is 0 Å². The summed E-state index contributed by atoms with van der Waals surface area (Å²) in [6.45, 7) is 6.84. The van der Waals surface area contributed by atoms with Crippen LogP contribution >= 0.6 is 0 Å². The molecular weight excluding hydrogens is 404 g/mol. The first-order valence-electron chi connectivity index (χ1n) is 10.9. The van der Waals surface area contributed by atoms with Crippen LogP contribution in [0.4, 0.5) is 0 Å². The third kappa shape index (κ3) is 4.18. The molecule has 0 saturated carbocycles. The van der Waals surface area contributed by atoms with E-state index >= 15 is 0 Å². The minimum atomic E-state index is -0.920. The van der Waals surface area contributed by atoms with E-state index in [1.807, 2.05) is 42.5 Å². The number of pyridine rings is 1. The lowest BCUT2D eigenvalue weighted by Gasteiger charge is -2.30. The molecule has 1 aliphatic heterocycles. The Morgan fingerprint density at radius 2 is 1.97 bits per heavy atom. The van der Waals surface area contributed by atoms with Crippen molar-refractivity contribution in [2.24, 2.45) is 0 Å². The van der Waals surface area contributed by atoms with Gasteiger partial charge in [0.15, 0.2) is 11.5 Å². The molecule has 0 saturated heterocycles. The molecule has 3 aromatic rings. The maximum absolute atomic E-state index is 12.3. The van der Waals surface area contributed by atoms with Gasteiger partial charge in [0.05, 0.1) is 30.5 Å². The van der Waals surface area contributed by atoms with E-state index in [0.29, 0.717) is 47.7 Å². The summed E-state index contributed by atoms with van der Waals surface area (Å²) < 4.78 is 11.3. The number of likely N-dealkylation sites (N-methyl/N-ethyl adjacent to an activating group) is 1. The zero-order valence-corrected chi connectivity index (χ0v) is 18.7. The normalized spacial score (nSPS) is 15.0. The van der Waals surface area contributed by atoms with Gasteiger partial charge < -0.3 is 14.6 Å². The zero-order chi connectivity index (χ0) is 22.7. The monoisotopic (exact) mass is 432 g/mol. The fraction of sp³-hybridized carbons (Fsp3) is 0.308. The molecule has 166 valence electrons. The number of carboxylic acids is 1. The van der Waals surface area contributed by atoms with E-state index in [-0.39, 0.29) is 0 Å². The third-order valence-corrected chi connectivity index (χ3v) is 5.72. The summed E-state index contributed by atoms with van der Waals surface area (Å²) >= 11 is 0. The molecule has 0 aliphatic carbocycles. The van der Waals surface area contributed by atoms with Crippen LogP contribution in [-0.2, 0) is 6.54 Å². The zero-order valence-electron chi connectivity index (χ0n) is 18.7. The fourth-order valence-corrected chi connectivity index (χ4v) is 4.16. The van der Waals surface area contributed by atoms with Crippen molar-refractivity contribution in [2.75, 3.05) is 26.8 Å². The molecule has 2 heterocycles. The van der Waals surface area contributed by atoms with Crippen molar-refractivity contribution in [3.05, 3.63) is 64.8 Å². The molecule has 1 aromatic heterocycles. The van der Waals surface area contributed by atoms with Gasteiger partial charge in [-0.25, -0.2) is 9.78 Å². The van der Waals surface area contributed by atoms with Gasteiger partial charge >= 0.3 is 5.97 Å². The number of hydrogen-bond donors (Lipinski definition) is 1. The van der Waals surface area contributed by atoms with E-state index in [1.165, 1.54) is 0 Å². The molecule has 6 nitrogen and oxygen atoms in total. The summed E-state index contributed by atoms with van der Waals surface area (Å²) in [6.07, 6.45) is 2.98. The quantitative estimate of drug-likeness (QED) is 0.560. The van der Waals surface area contributed by atoms with E-state index < -0.39 is 5.97 Å². The molecule has 1 N–H and O–H groups in total. The number of aromatic carboxylic acids is 1. The Morgan fingerprint density at radius 1 is 1.16 bits per heavy atom. The molecule has 6 heteroatoms. The lowest BCUT2D eigenvalue weighted by atomic mass is 9.92. The molecule has 2 aromatic carbocycles. The summed E-state index contributed by atoms with van der Waals surface area (Å²) in [5, 5.41) is 10.7. The number of carbonyl (C=O) groups is 1. The number of rotatable bonds is 7. The summed E-state index contributed by atoms with van der Waals surface area (Å²) in [6, 6.07) is 13.3. The second kappa shape index (κ2) is 9.40. The number of methoxy groups -OCH3 is 1. The van der Waals surface area contributed by atoms with Crippen molar-refractivity contribution in [3.8, 4) is 11.5 Å². The van der Waals surface area contributed by atoms with Gasteiger partial charge in [-0.1, -0.05) is 38.1 Å². The second-order valence-electron chi connectivity index (χ2n) is 7.87. The summed E-state index contributed by atoms with van der Waals surface area (Å²) in [4.78, 5) is 19.4. The smallest absolute Gasteiger partial charge is 0.336 e. The highest BCUT2D eigenvalue weighted by molar-refractivity contribution is 6.06. The number of hydrogen-bond acceptors (Lipinski definition) is 5. The first-order chi connectivity index (χ1) is 15.5. The van der Waals surface area contributed by atoms with Crippen molar-refractivity contribution in [3.63, 3.8) is 0 Å². The van der Waals surface area contributed by atoms with Gasteiger partial charge in [-0.15, -0.1) is 0 Å². The van der Waals surface area contributed by atoms with Crippen molar-refractivity contribution in [1.29, 1.82) is 0 Å². The van der Waals surface area contributed by atoms with Crippen molar-refractivity contribution in [2.45, 2.75) is 26.8 Å². The van der Waals surface area contributed by atoms with Crippen LogP contribution in [0.15, 0.2) is 42.5 Å². The van der Waals surface area contributed by atoms with E-state index in [9.17, 15) is 9.90 Å². The number of carboxylic acid groups (broad SMARTS) is 1. The molecule has 0 atom stereocenters. The van der Waals surface area contributed by atoms with Crippen LogP contribution in [0.2, 0.25) is 0 Å². The number of nitrogens with zero attached hydrogens (tertiary/aromatic N) is 2. The first-order valence-corrected chi connectivity index (χ1v) is 10.9. The highest BCUT2D eigenvalue weighted by Gasteiger charge is 2.28. The van der Waals surface area contributed by atoms with Gasteiger partial charge in [0, 0.05) is 24.0 Å². The summed E-state index contributed by atoms with van der Waals surface area (Å²) in [5.74, 6) is 0.471. The lowest BCUT2D eigenvalue weighted by Crippen LogP contribution is -2.31. The molecule has 0 spiro atoms. The molecule has 4 rings (SSSR count). The highest BCUT2D eigenvalue weighted by Crippen LogP contribution is 2.35. The van der Waals surface area contributed by atoms with Gasteiger partial charge in [-0.3, -0.25) is 4.90 Å². The summed E-state index contributed by atoms with van der Waals surface area (Å²) in [7, 11) is 1.63. The Kier molecular flexibility index (Phi) is 6.42. The standard InChI is InChI=1S/C26H28N2O4/c1-4-12-32-23-14-17(10-11-22(23)31-3)13-18-15-28(5-2)16-20-24(26(29)30)19-8-6-7-9-21(19)27-25(18)20/h6-11,13-14H,4-5,12,15-16H2,1-3H3,(H,29,30)/b18-13+. The van der Waals surface area contributed by atoms with Crippen molar-refractivity contribution >= 4 is 28.5 Å². The predicted molar refractivity (Wildman–Crippen MR) is 126 cm³/mol. The minimum absolute atomic E-state index is 0.344. The highest BCUT2D eigenvalue weighted by atomic mass is 16.5. The molecule has 0 bridgehead atoms. The Labute approximate surface area is 188 Å². The predicted octanol–water partition coefficient (Wildman–Crippen LogP) is 5.11. The maximum Gasteiger partial charge on any atom is 0.336 e. The van der Waals surface area contributed by atoms with Crippen molar-refractivity contribution in [1.82, 2.24) is 9.88 Å². The van der Waals surface area contributed by atoms with Crippen LogP contribution in [0.25, 0.3) is 22.6 Å². The van der Waals surface area contributed by atoms with E-state index in [4.69, 9.17) is 14.5 Å². The van der Waals surface area contributed by atoms with Crippen LogP contribution in [0.3, 0.4) is 0 Å². The molecule has 0 unspecified atom stereocenters. The average Bonchev–Trinajstić information content (AvgIpc) is 2.81. The van der Waals surface area contributed by atoms with Crippen LogP contribution in [0.1, 0.15) is 47.4 Å². The van der Waals surface area contributed by atoms with Gasteiger partial charge in [-0.05, 0) is 48.4 Å². The number of aromatic nitrogens is 1. The summed E-state index contributed by atoms with van der Waals surface area (Å²) in [5.41, 5.74) is 4.53. The van der Waals surface area contributed by atoms with Crippen molar-refractivity contribution < 1.29 is 19.4 Å². The van der Waals surface area contributed by atoms with E-state index in [0.717, 1.165) is 35.4 Å². The molecule has 32 heavy (non-hydrogen) atoms. The minimum Gasteiger partial charge on any atom is -0.493 e. The molecule has 1 aliphatic rings. The Bertz CT molecular complexity index is 1190. The number of fused-ring (bicyclic) bond motifs is 2. The second-order valence-corrected chi connectivity index (χ2v) is 7.87. The van der Waals surface area contributed by atoms with Crippen LogP contribution in [-0.4, -0.2) is 47.8 Å². The molecule has 0 amide bonds. The van der Waals surface area contributed by atoms with Gasteiger partial charge in [-0.2, -0.15) is 0 Å². The average molecular weight is 433 g/mol. The van der Waals surface area contributed by atoms with E-state index in [1.54, 1.807) is 7.11 Å². The number of ether oxygens (including phenoxy) is 2. The Morgan fingerprint density at radius 3 is 2.69 bits per heavy atom. The number of para-hydroxylation sites is 1. The Balaban J connectivity index is 1.88. The van der Waals surface area contributed by atoms with E-state index in [2.05, 4.69) is 24.8 Å². The van der Waals surface area contributed by atoms with Crippen LogP contribution in [0.5, 0.6) is 11.5 Å². The van der Waals surface area contributed by atoms with Crippen LogP contribution < -0.4 is 9.47 Å².